The lowest BCUT2D eigenvalue weighted by atomic mass is 10.3. The Bertz CT molecular complexity index is 529. The van der Waals surface area contributed by atoms with Crippen LogP contribution in [0.4, 0.5) is 18.9 Å². The van der Waals surface area contributed by atoms with Crippen molar-refractivity contribution in [3.63, 3.8) is 0 Å². The summed E-state index contributed by atoms with van der Waals surface area (Å²) in [6.45, 7) is -3.21. The number of ether oxygens (including phenoxy) is 1. The predicted molar refractivity (Wildman–Crippen MR) is 55.3 cm³/mol. The predicted octanol–water partition coefficient (Wildman–Crippen LogP) is 2.24. The molecule has 5 nitrogen and oxygen atoms in total. The van der Waals surface area contributed by atoms with Crippen LogP contribution in [-0.4, -0.2) is 12.3 Å². The lowest BCUT2D eigenvalue weighted by Gasteiger charge is -2.10. The van der Waals surface area contributed by atoms with Gasteiger partial charge in [-0.25, -0.2) is 4.39 Å². The Balaban J connectivity index is 3.03. The second kappa shape index (κ2) is 6.11. The van der Waals surface area contributed by atoms with Crippen molar-refractivity contribution in [3.05, 3.63) is 24.0 Å². The molecule has 1 aromatic carbocycles. The van der Waals surface area contributed by atoms with Crippen molar-refractivity contribution >= 4 is 11.4 Å². The zero-order valence-corrected chi connectivity index (χ0v) is 8.69. The number of hydrogen-bond donors (Lipinski definition) is 1. The molecule has 0 saturated carbocycles. The van der Waals surface area contributed by atoms with E-state index in [9.17, 15) is 13.2 Å². The first-order chi connectivity index (χ1) is 8.58. The number of rotatable bonds is 4. The van der Waals surface area contributed by atoms with E-state index >= 15 is 0 Å². The fraction of sp³-hybridized carbons (Fsp3) is 0.100. The maximum absolute atomic E-state index is 13.2. The van der Waals surface area contributed by atoms with Gasteiger partial charge in [0.05, 0.1) is 0 Å². The van der Waals surface area contributed by atoms with Gasteiger partial charge in [-0.2, -0.15) is 24.4 Å². The number of nitrogens with one attached hydrogen (secondary N) is 1. The molecule has 0 radical (unpaired) electrons. The molecule has 0 aliphatic carbocycles. The Hall–Kier alpha value is -2.74. The van der Waals surface area contributed by atoms with Crippen molar-refractivity contribution in [3.8, 4) is 17.9 Å². The van der Waals surface area contributed by atoms with Crippen LogP contribution in [0.25, 0.3) is 0 Å². The second-order valence-electron chi connectivity index (χ2n) is 2.79. The normalized spacial score (nSPS) is 9.22. The first kappa shape index (κ1) is 13.3. The van der Waals surface area contributed by atoms with Crippen LogP contribution in [0.1, 0.15) is 0 Å². The maximum atomic E-state index is 13.2. The Morgan fingerprint density at radius 1 is 1.33 bits per heavy atom. The number of halogens is 3. The SMILES string of the molecule is N#CC(C#N)=NNc1cccc(F)c1OC(F)F. The number of hydrazone groups is 1. The topological polar surface area (TPSA) is 81.2 Å². The summed E-state index contributed by atoms with van der Waals surface area (Å²) in [6.07, 6.45) is 0. The van der Waals surface area contributed by atoms with E-state index in [1.165, 1.54) is 24.3 Å². The molecule has 18 heavy (non-hydrogen) atoms. The Morgan fingerprint density at radius 3 is 2.56 bits per heavy atom. The molecule has 1 aromatic rings. The molecule has 0 bridgehead atoms. The van der Waals surface area contributed by atoms with Gasteiger partial charge in [-0.05, 0) is 12.1 Å². The minimum Gasteiger partial charge on any atom is -0.429 e. The number of anilines is 1. The van der Waals surface area contributed by atoms with Crippen LogP contribution in [0.2, 0.25) is 0 Å². The quantitative estimate of drug-likeness (QED) is 0.659. The molecule has 0 aliphatic rings. The third-order valence-corrected chi connectivity index (χ3v) is 1.67. The van der Waals surface area contributed by atoms with Crippen molar-refractivity contribution < 1.29 is 17.9 Å². The highest BCUT2D eigenvalue weighted by atomic mass is 19.3. The summed E-state index contributed by atoms with van der Waals surface area (Å²) in [5.41, 5.74) is 1.34. The zero-order chi connectivity index (χ0) is 13.5. The molecule has 0 amide bonds. The molecule has 1 rings (SSSR count). The highest BCUT2D eigenvalue weighted by molar-refractivity contribution is 6.10. The second-order valence-corrected chi connectivity index (χ2v) is 2.79. The van der Waals surface area contributed by atoms with E-state index < -0.39 is 23.9 Å². The van der Waals surface area contributed by atoms with E-state index in [1.54, 1.807) is 0 Å². The first-order valence-corrected chi connectivity index (χ1v) is 4.45. The lowest BCUT2D eigenvalue weighted by molar-refractivity contribution is -0.0516. The lowest BCUT2D eigenvalue weighted by Crippen LogP contribution is -2.07. The fourth-order valence-corrected chi connectivity index (χ4v) is 0.997. The van der Waals surface area contributed by atoms with Crippen LogP contribution in [0.15, 0.2) is 23.3 Å². The first-order valence-electron chi connectivity index (χ1n) is 4.45. The molecule has 0 atom stereocenters. The van der Waals surface area contributed by atoms with Crippen LogP contribution in [0.5, 0.6) is 5.75 Å². The smallest absolute Gasteiger partial charge is 0.387 e. The highest BCUT2D eigenvalue weighted by Gasteiger charge is 2.14. The fourth-order valence-electron chi connectivity index (χ4n) is 0.997. The molecular formula is C10H5F3N4O. The highest BCUT2D eigenvalue weighted by Crippen LogP contribution is 2.29. The van der Waals surface area contributed by atoms with Gasteiger partial charge in [-0.1, -0.05) is 6.07 Å². The van der Waals surface area contributed by atoms with Gasteiger partial charge < -0.3 is 4.74 Å². The van der Waals surface area contributed by atoms with Gasteiger partial charge >= 0.3 is 6.61 Å². The molecular weight excluding hydrogens is 249 g/mol. The molecule has 0 aliphatic heterocycles. The van der Waals surface area contributed by atoms with Gasteiger partial charge in [-0.15, -0.1) is 0 Å². The summed E-state index contributed by atoms with van der Waals surface area (Å²) in [5, 5.41) is 20.1. The van der Waals surface area contributed by atoms with Crippen molar-refractivity contribution in [1.29, 1.82) is 10.5 Å². The summed E-state index contributed by atoms with van der Waals surface area (Å²) >= 11 is 0. The number of alkyl halides is 2. The van der Waals surface area contributed by atoms with Gasteiger partial charge in [0, 0.05) is 0 Å². The molecule has 0 saturated heterocycles. The average molecular weight is 254 g/mol. The van der Waals surface area contributed by atoms with E-state index in [0.717, 1.165) is 6.07 Å². The van der Waals surface area contributed by atoms with Crippen molar-refractivity contribution in [1.82, 2.24) is 0 Å². The van der Waals surface area contributed by atoms with E-state index in [-0.39, 0.29) is 5.69 Å². The van der Waals surface area contributed by atoms with Gasteiger partial charge in [0.25, 0.3) is 0 Å². The summed E-state index contributed by atoms with van der Waals surface area (Å²) in [6, 6.07) is 6.23. The van der Waals surface area contributed by atoms with Crippen molar-refractivity contribution in [2.75, 3.05) is 5.43 Å². The van der Waals surface area contributed by atoms with E-state index in [0.29, 0.717) is 0 Å². The van der Waals surface area contributed by atoms with Crippen molar-refractivity contribution in [2.45, 2.75) is 6.61 Å². The largest absolute Gasteiger partial charge is 0.429 e. The maximum Gasteiger partial charge on any atom is 0.387 e. The molecule has 0 aromatic heterocycles. The number of para-hydroxylation sites is 1. The van der Waals surface area contributed by atoms with Gasteiger partial charge in [0.15, 0.2) is 11.6 Å². The molecule has 92 valence electrons. The number of benzene rings is 1. The standard InChI is InChI=1S/C10H5F3N4O/c11-7-2-1-3-8(9(7)18-10(12)13)17-16-6(4-14)5-15/h1-3,10,17H. The zero-order valence-electron chi connectivity index (χ0n) is 8.69. The Morgan fingerprint density at radius 2 is 2.00 bits per heavy atom. The Labute approximate surface area is 99.7 Å². The summed E-state index contributed by atoms with van der Waals surface area (Å²) in [4.78, 5) is 0. The summed E-state index contributed by atoms with van der Waals surface area (Å²) < 4.78 is 41.3. The van der Waals surface area contributed by atoms with Gasteiger partial charge in [0.1, 0.15) is 17.8 Å². The molecule has 8 heteroatoms. The third kappa shape index (κ3) is 3.39. The minimum absolute atomic E-state index is 0.224. The number of hydrogen-bond acceptors (Lipinski definition) is 5. The molecule has 0 unspecified atom stereocenters. The van der Waals surface area contributed by atoms with E-state index in [1.807, 2.05) is 0 Å². The summed E-state index contributed by atoms with van der Waals surface area (Å²) in [5.74, 6) is -1.77. The number of nitrogens with zero attached hydrogens (tertiary/aromatic N) is 3. The molecule has 0 fully saturated rings. The molecule has 0 heterocycles. The van der Waals surface area contributed by atoms with Gasteiger partial charge in [0.2, 0.25) is 5.71 Å². The molecule has 1 N–H and O–H groups in total. The van der Waals surface area contributed by atoms with E-state index in [2.05, 4.69) is 15.3 Å². The van der Waals surface area contributed by atoms with Crippen molar-refractivity contribution in [2.24, 2.45) is 5.10 Å². The summed E-state index contributed by atoms with van der Waals surface area (Å²) in [7, 11) is 0. The van der Waals surface area contributed by atoms with Crippen LogP contribution in [0, 0.1) is 28.5 Å². The monoisotopic (exact) mass is 254 g/mol. The molecule has 0 spiro atoms. The average Bonchev–Trinajstić information content (AvgIpc) is 2.34. The van der Waals surface area contributed by atoms with Crippen LogP contribution < -0.4 is 10.2 Å². The van der Waals surface area contributed by atoms with Crippen LogP contribution in [-0.2, 0) is 0 Å². The minimum atomic E-state index is -3.21. The van der Waals surface area contributed by atoms with Crippen LogP contribution in [0.3, 0.4) is 0 Å². The third-order valence-electron chi connectivity index (χ3n) is 1.67. The Kier molecular flexibility index (Phi) is 4.52. The van der Waals surface area contributed by atoms with Gasteiger partial charge in [-0.3, -0.25) is 5.43 Å². The van der Waals surface area contributed by atoms with Crippen LogP contribution >= 0.6 is 0 Å². The number of nitriles is 2. The van der Waals surface area contributed by atoms with E-state index in [4.69, 9.17) is 10.5 Å².